The van der Waals surface area contributed by atoms with Gasteiger partial charge in [0.1, 0.15) is 5.02 Å². The van der Waals surface area contributed by atoms with E-state index in [0.717, 1.165) is 18.4 Å². The number of anilines is 1. The van der Waals surface area contributed by atoms with Crippen LogP contribution in [0, 0.1) is 0 Å². The number of rotatable bonds is 6. The maximum absolute atomic E-state index is 11.7. The normalized spacial score (nSPS) is 10.5. The van der Waals surface area contributed by atoms with Gasteiger partial charge in [-0.25, -0.2) is 4.79 Å². The molecule has 1 aromatic heterocycles. The first-order chi connectivity index (χ1) is 10.6. The Morgan fingerprint density at radius 3 is 2.77 bits per heavy atom. The van der Waals surface area contributed by atoms with Gasteiger partial charge in [0.15, 0.2) is 5.82 Å². The molecule has 0 bridgehead atoms. The second-order valence-corrected chi connectivity index (χ2v) is 5.66. The van der Waals surface area contributed by atoms with Gasteiger partial charge in [-0.3, -0.25) is 10.00 Å². The number of nitrogens with one attached hydrogen (secondary N) is 2. The van der Waals surface area contributed by atoms with E-state index in [-0.39, 0.29) is 6.03 Å². The van der Waals surface area contributed by atoms with Crippen molar-refractivity contribution in [2.45, 2.75) is 26.3 Å². The van der Waals surface area contributed by atoms with Gasteiger partial charge in [0.2, 0.25) is 0 Å². The van der Waals surface area contributed by atoms with Gasteiger partial charge in [-0.2, -0.15) is 5.10 Å². The average molecular weight is 341 g/mol. The zero-order chi connectivity index (χ0) is 15.9. The fourth-order valence-electron chi connectivity index (χ4n) is 1.89. The molecule has 0 saturated heterocycles. The summed E-state index contributed by atoms with van der Waals surface area (Å²) in [5.74, 6) is 0.336. The van der Waals surface area contributed by atoms with Gasteiger partial charge < -0.3 is 5.32 Å². The third-order valence-electron chi connectivity index (χ3n) is 3.06. The molecule has 0 spiro atoms. The Morgan fingerprint density at radius 1 is 1.27 bits per heavy atom. The smallest absolute Gasteiger partial charge is 0.320 e. The monoisotopic (exact) mass is 340 g/mol. The summed E-state index contributed by atoms with van der Waals surface area (Å²) >= 11 is 12.2. The summed E-state index contributed by atoms with van der Waals surface area (Å²) in [5, 5.41) is 10.7. The summed E-state index contributed by atoms with van der Waals surface area (Å²) in [7, 11) is 0. The summed E-state index contributed by atoms with van der Waals surface area (Å²) in [5.41, 5.74) is 0.933. The second kappa shape index (κ2) is 8.06. The van der Waals surface area contributed by atoms with Crippen LogP contribution >= 0.6 is 23.2 Å². The molecule has 22 heavy (non-hydrogen) atoms. The summed E-state index contributed by atoms with van der Waals surface area (Å²) in [6, 6.07) is 7.21. The first kappa shape index (κ1) is 16.6. The molecule has 2 rings (SSSR count). The van der Waals surface area contributed by atoms with E-state index in [1.165, 1.54) is 0 Å². The highest BCUT2D eigenvalue weighted by Crippen LogP contribution is 2.21. The van der Waals surface area contributed by atoms with Crippen molar-refractivity contribution >= 4 is 35.1 Å². The summed E-state index contributed by atoms with van der Waals surface area (Å²) in [6.07, 6.45) is 3.61. The number of benzene rings is 1. The van der Waals surface area contributed by atoms with Crippen molar-refractivity contribution in [2.24, 2.45) is 0 Å². The molecular weight excluding hydrogens is 323 g/mol. The molecule has 5 nitrogen and oxygen atoms in total. The highest BCUT2D eigenvalue weighted by atomic mass is 35.5. The van der Waals surface area contributed by atoms with Gasteiger partial charge in [-0.15, -0.1) is 0 Å². The molecule has 7 heteroatoms. The van der Waals surface area contributed by atoms with Crippen molar-refractivity contribution in [3.63, 3.8) is 0 Å². The number of halogens is 2. The maximum atomic E-state index is 11.7. The van der Waals surface area contributed by atoms with Crippen LogP contribution < -0.4 is 10.6 Å². The van der Waals surface area contributed by atoms with Crippen LogP contribution in [0.25, 0.3) is 0 Å². The van der Waals surface area contributed by atoms with Crippen molar-refractivity contribution in [2.75, 3.05) is 11.9 Å². The van der Waals surface area contributed by atoms with Crippen molar-refractivity contribution in [1.29, 1.82) is 0 Å². The number of urea groups is 1. The zero-order valence-electron chi connectivity index (χ0n) is 12.3. The SMILES string of the molecule is CCCCNC(=O)Nc1nn(Cc2ccccc2Cl)cc1Cl. The first-order valence-electron chi connectivity index (χ1n) is 7.11. The van der Waals surface area contributed by atoms with E-state index in [0.29, 0.717) is 29.0 Å². The van der Waals surface area contributed by atoms with E-state index in [4.69, 9.17) is 23.2 Å². The number of carbonyl (C=O) groups is 1. The van der Waals surface area contributed by atoms with Gasteiger partial charge in [0.25, 0.3) is 0 Å². The molecule has 0 saturated carbocycles. The number of hydrogen-bond acceptors (Lipinski definition) is 2. The zero-order valence-corrected chi connectivity index (χ0v) is 13.8. The standard InChI is InChI=1S/C15H18Cl2N4O/c1-2-3-8-18-15(22)19-14-13(17)10-21(20-14)9-11-6-4-5-7-12(11)16/h4-7,10H,2-3,8-9H2,1H3,(H2,18,19,20,22). The fourth-order valence-corrected chi connectivity index (χ4v) is 2.29. The molecule has 118 valence electrons. The van der Waals surface area contributed by atoms with Crippen LogP contribution in [0.5, 0.6) is 0 Å². The lowest BCUT2D eigenvalue weighted by molar-refractivity contribution is 0.252. The fraction of sp³-hybridized carbons (Fsp3) is 0.333. The van der Waals surface area contributed by atoms with Crippen molar-refractivity contribution in [1.82, 2.24) is 15.1 Å². The van der Waals surface area contributed by atoms with Crippen LogP contribution in [0.2, 0.25) is 10.0 Å². The highest BCUT2D eigenvalue weighted by Gasteiger charge is 2.11. The van der Waals surface area contributed by atoms with Gasteiger partial charge in [-0.05, 0) is 18.1 Å². The van der Waals surface area contributed by atoms with Gasteiger partial charge in [0.05, 0.1) is 6.54 Å². The molecule has 2 N–H and O–H groups in total. The van der Waals surface area contributed by atoms with Crippen molar-refractivity contribution in [3.8, 4) is 0 Å². The van der Waals surface area contributed by atoms with E-state index in [1.807, 2.05) is 24.3 Å². The number of unbranched alkanes of at least 4 members (excludes halogenated alkanes) is 1. The van der Waals surface area contributed by atoms with Crippen molar-refractivity contribution in [3.05, 3.63) is 46.1 Å². The molecule has 0 aliphatic carbocycles. The lowest BCUT2D eigenvalue weighted by atomic mass is 10.2. The van der Waals surface area contributed by atoms with E-state index in [9.17, 15) is 4.79 Å². The number of nitrogens with zero attached hydrogens (tertiary/aromatic N) is 2. The molecular formula is C15H18Cl2N4O. The third-order valence-corrected chi connectivity index (χ3v) is 3.70. The molecule has 1 aromatic carbocycles. The molecule has 0 aliphatic rings. The van der Waals surface area contributed by atoms with Crippen LogP contribution in [0.4, 0.5) is 10.6 Å². The Labute approximate surface area is 139 Å². The molecule has 0 unspecified atom stereocenters. The largest absolute Gasteiger partial charge is 0.338 e. The first-order valence-corrected chi connectivity index (χ1v) is 7.87. The predicted octanol–water partition coefficient (Wildman–Crippen LogP) is 4.16. The molecule has 0 radical (unpaired) electrons. The van der Waals surface area contributed by atoms with E-state index >= 15 is 0 Å². The third kappa shape index (κ3) is 4.64. The minimum absolute atomic E-state index is 0.307. The molecule has 2 amide bonds. The van der Waals surface area contributed by atoms with Crippen LogP contribution in [0.15, 0.2) is 30.5 Å². The van der Waals surface area contributed by atoms with Crippen LogP contribution in [0.3, 0.4) is 0 Å². The predicted molar refractivity (Wildman–Crippen MR) is 89.7 cm³/mol. The number of aromatic nitrogens is 2. The van der Waals surface area contributed by atoms with Gasteiger partial charge in [-0.1, -0.05) is 54.7 Å². The summed E-state index contributed by atoms with van der Waals surface area (Å²) in [4.78, 5) is 11.7. The minimum atomic E-state index is -0.307. The Bertz CT molecular complexity index is 642. The van der Waals surface area contributed by atoms with E-state index in [1.54, 1.807) is 10.9 Å². The quantitative estimate of drug-likeness (QED) is 0.775. The number of carbonyl (C=O) groups excluding carboxylic acids is 1. The Morgan fingerprint density at radius 2 is 2.05 bits per heavy atom. The van der Waals surface area contributed by atoms with Crippen LogP contribution in [-0.2, 0) is 6.54 Å². The lowest BCUT2D eigenvalue weighted by Gasteiger charge is -2.05. The van der Waals surface area contributed by atoms with Gasteiger partial charge in [0, 0.05) is 17.8 Å². The average Bonchev–Trinajstić information content (AvgIpc) is 2.81. The number of amides is 2. The van der Waals surface area contributed by atoms with Crippen LogP contribution in [0.1, 0.15) is 25.3 Å². The molecule has 0 fully saturated rings. The maximum Gasteiger partial charge on any atom is 0.320 e. The molecule has 0 aliphatic heterocycles. The van der Waals surface area contributed by atoms with E-state index in [2.05, 4.69) is 22.7 Å². The highest BCUT2D eigenvalue weighted by molar-refractivity contribution is 6.33. The Kier molecular flexibility index (Phi) is 6.10. The molecule has 0 atom stereocenters. The van der Waals surface area contributed by atoms with Crippen molar-refractivity contribution < 1.29 is 4.79 Å². The summed E-state index contributed by atoms with van der Waals surface area (Å²) in [6.45, 7) is 3.17. The minimum Gasteiger partial charge on any atom is -0.338 e. The molecule has 1 heterocycles. The Balaban J connectivity index is 1.99. The Hall–Kier alpha value is -1.72. The second-order valence-electron chi connectivity index (χ2n) is 4.85. The summed E-state index contributed by atoms with van der Waals surface area (Å²) < 4.78 is 1.64. The van der Waals surface area contributed by atoms with Gasteiger partial charge >= 0.3 is 6.03 Å². The lowest BCUT2D eigenvalue weighted by Crippen LogP contribution is -2.29. The number of hydrogen-bond donors (Lipinski definition) is 2. The topological polar surface area (TPSA) is 59.0 Å². The van der Waals surface area contributed by atoms with E-state index < -0.39 is 0 Å². The van der Waals surface area contributed by atoms with Crippen LogP contribution in [-0.4, -0.2) is 22.4 Å². The molecule has 2 aromatic rings.